The third kappa shape index (κ3) is 4.97. The van der Waals surface area contributed by atoms with Gasteiger partial charge < -0.3 is 4.74 Å². The number of sulfonamides is 1. The normalized spacial score (nSPS) is 12.2. The summed E-state index contributed by atoms with van der Waals surface area (Å²) in [7, 11) is -3.83. The predicted molar refractivity (Wildman–Crippen MR) is 83.0 cm³/mol. The molecule has 0 aromatic heterocycles. The Labute approximate surface area is 138 Å². The highest BCUT2D eigenvalue weighted by Crippen LogP contribution is 2.26. The van der Waals surface area contributed by atoms with Crippen molar-refractivity contribution in [3.63, 3.8) is 0 Å². The van der Waals surface area contributed by atoms with Gasteiger partial charge in [-0.25, -0.2) is 13.1 Å². The summed E-state index contributed by atoms with van der Waals surface area (Å²) in [6.07, 6.45) is -4.07. The molecule has 0 atom stereocenters. The van der Waals surface area contributed by atoms with E-state index < -0.39 is 22.1 Å². The van der Waals surface area contributed by atoms with Crippen LogP contribution >= 0.6 is 0 Å². The van der Waals surface area contributed by atoms with Crippen molar-refractivity contribution in [3.8, 4) is 5.75 Å². The number of nitrogens with one attached hydrogen (secondary N) is 1. The number of hydrogen-bond acceptors (Lipinski definition) is 3. The first-order valence-corrected chi connectivity index (χ1v) is 8.62. The van der Waals surface area contributed by atoms with E-state index in [2.05, 4.69) is 9.46 Å². The predicted octanol–water partition coefficient (Wildman–Crippen LogP) is 3.63. The molecule has 1 N–H and O–H groups in total. The van der Waals surface area contributed by atoms with Gasteiger partial charge in [0.2, 0.25) is 10.0 Å². The smallest absolute Gasteiger partial charge is 0.405 e. The van der Waals surface area contributed by atoms with E-state index in [1.165, 1.54) is 30.3 Å². The van der Waals surface area contributed by atoms with Crippen LogP contribution in [0.25, 0.3) is 0 Å². The van der Waals surface area contributed by atoms with Crippen LogP contribution in [0.15, 0.2) is 53.4 Å². The first kappa shape index (κ1) is 18.3. The van der Waals surface area contributed by atoms with E-state index in [-0.39, 0.29) is 17.0 Å². The summed E-state index contributed by atoms with van der Waals surface area (Å²) >= 11 is 0. The van der Waals surface area contributed by atoms with Gasteiger partial charge in [0.25, 0.3) is 0 Å². The molecule has 0 saturated carbocycles. The number of benzene rings is 2. The van der Waals surface area contributed by atoms with Gasteiger partial charge in [0.1, 0.15) is 5.75 Å². The minimum Gasteiger partial charge on any atom is -0.405 e. The summed E-state index contributed by atoms with van der Waals surface area (Å²) in [4.78, 5) is 0.0499. The quantitative estimate of drug-likeness (QED) is 0.857. The zero-order valence-corrected chi connectivity index (χ0v) is 13.6. The number of halogens is 3. The van der Waals surface area contributed by atoms with Crippen molar-refractivity contribution in [2.75, 3.05) is 0 Å². The molecule has 0 aliphatic rings. The van der Waals surface area contributed by atoms with Crippen LogP contribution < -0.4 is 9.46 Å². The molecule has 4 nitrogen and oxygen atoms in total. The van der Waals surface area contributed by atoms with Gasteiger partial charge in [0.15, 0.2) is 0 Å². The Kier molecular flexibility index (Phi) is 5.51. The van der Waals surface area contributed by atoms with Gasteiger partial charge in [-0.05, 0) is 30.2 Å². The van der Waals surface area contributed by atoms with Gasteiger partial charge >= 0.3 is 6.36 Å². The van der Waals surface area contributed by atoms with E-state index in [0.717, 1.165) is 18.1 Å². The lowest BCUT2D eigenvalue weighted by atomic mass is 10.2. The molecule has 2 aromatic carbocycles. The second-order valence-corrected chi connectivity index (χ2v) is 6.74. The van der Waals surface area contributed by atoms with Gasteiger partial charge in [-0.3, -0.25) is 0 Å². The Balaban J connectivity index is 2.14. The largest absolute Gasteiger partial charge is 0.573 e. The van der Waals surface area contributed by atoms with Gasteiger partial charge in [-0.1, -0.05) is 37.3 Å². The molecule has 0 aliphatic heterocycles. The summed E-state index contributed by atoms with van der Waals surface area (Å²) in [5.74, 6) is -0.436. The molecule has 0 fully saturated rings. The zero-order chi connectivity index (χ0) is 17.8. The molecule has 0 amide bonds. The minimum absolute atomic E-state index is 0.0499. The molecule has 24 heavy (non-hydrogen) atoms. The van der Waals surface area contributed by atoms with Gasteiger partial charge in [-0.15, -0.1) is 13.2 Å². The average molecular weight is 359 g/mol. The van der Waals surface area contributed by atoms with Crippen LogP contribution in [0.3, 0.4) is 0 Å². The van der Waals surface area contributed by atoms with Crippen LogP contribution in [0.4, 0.5) is 13.2 Å². The lowest BCUT2D eigenvalue weighted by Crippen LogP contribution is -2.24. The third-order valence-corrected chi connectivity index (χ3v) is 4.71. The Morgan fingerprint density at radius 1 is 1.04 bits per heavy atom. The highest BCUT2D eigenvalue weighted by molar-refractivity contribution is 7.89. The van der Waals surface area contributed by atoms with Crippen LogP contribution in [0, 0.1) is 0 Å². The van der Waals surface area contributed by atoms with Gasteiger partial charge in [0.05, 0.1) is 4.90 Å². The number of alkyl halides is 3. The van der Waals surface area contributed by atoms with Crippen LogP contribution in [0.5, 0.6) is 5.75 Å². The average Bonchev–Trinajstić information content (AvgIpc) is 2.53. The van der Waals surface area contributed by atoms with E-state index in [1.54, 1.807) is 12.1 Å². The molecule has 8 heteroatoms. The molecule has 0 radical (unpaired) electrons. The van der Waals surface area contributed by atoms with Gasteiger partial charge in [0, 0.05) is 12.1 Å². The van der Waals surface area contributed by atoms with Crippen molar-refractivity contribution in [2.45, 2.75) is 31.1 Å². The molecule has 0 bridgehead atoms. The number of para-hydroxylation sites is 1. The van der Waals surface area contributed by atoms with Crippen LogP contribution in [0.1, 0.15) is 18.1 Å². The fourth-order valence-corrected chi connectivity index (χ4v) is 3.04. The van der Waals surface area contributed by atoms with Crippen molar-refractivity contribution < 1.29 is 26.3 Å². The zero-order valence-electron chi connectivity index (χ0n) is 12.8. The second kappa shape index (κ2) is 7.23. The van der Waals surface area contributed by atoms with Crippen LogP contribution in [-0.2, 0) is 23.0 Å². The summed E-state index contributed by atoms with van der Waals surface area (Å²) in [6, 6.07) is 11.7. The van der Waals surface area contributed by atoms with Crippen molar-refractivity contribution in [1.82, 2.24) is 4.72 Å². The Morgan fingerprint density at radius 2 is 1.67 bits per heavy atom. The van der Waals surface area contributed by atoms with Crippen LogP contribution in [-0.4, -0.2) is 14.8 Å². The first-order valence-electron chi connectivity index (χ1n) is 7.13. The molecule has 0 saturated heterocycles. The van der Waals surface area contributed by atoms with E-state index >= 15 is 0 Å². The summed E-state index contributed by atoms with van der Waals surface area (Å²) < 4.78 is 67.7. The first-order chi connectivity index (χ1) is 11.2. The maximum atomic E-state index is 12.4. The lowest BCUT2D eigenvalue weighted by molar-refractivity contribution is -0.274. The topological polar surface area (TPSA) is 55.4 Å². The molecule has 0 spiro atoms. The standard InChI is InChI=1S/C16H16F3NO3S/c1-2-12-7-9-14(10-8-12)24(21,22)20-11-13-5-3-4-6-15(13)23-16(17,18)19/h3-10,20H,2,11H2,1H3. The van der Waals surface area contributed by atoms with Crippen molar-refractivity contribution in [1.29, 1.82) is 0 Å². The molecule has 2 rings (SSSR count). The SMILES string of the molecule is CCc1ccc(S(=O)(=O)NCc2ccccc2OC(F)(F)F)cc1. The molecule has 0 heterocycles. The summed E-state index contributed by atoms with van der Waals surface area (Å²) in [5.41, 5.74) is 1.07. The maximum Gasteiger partial charge on any atom is 0.573 e. The highest BCUT2D eigenvalue weighted by atomic mass is 32.2. The fourth-order valence-electron chi connectivity index (χ4n) is 2.03. The van der Waals surface area contributed by atoms with E-state index in [9.17, 15) is 21.6 Å². The van der Waals surface area contributed by atoms with Gasteiger partial charge in [-0.2, -0.15) is 0 Å². The molecular weight excluding hydrogens is 343 g/mol. The van der Waals surface area contributed by atoms with Crippen LogP contribution in [0.2, 0.25) is 0 Å². The maximum absolute atomic E-state index is 12.4. The number of aryl methyl sites for hydroxylation is 1. The molecule has 130 valence electrons. The Morgan fingerprint density at radius 3 is 2.25 bits per heavy atom. The van der Waals surface area contributed by atoms with Crippen molar-refractivity contribution >= 4 is 10.0 Å². The highest BCUT2D eigenvalue weighted by Gasteiger charge is 2.32. The fraction of sp³-hybridized carbons (Fsp3) is 0.250. The second-order valence-electron chi connectivity index (χ2n) is 4.98. The summed E-state index contributed by atoms with van der Waals surface area (Å²) in [6.45, 7) is 1.63. The molecule has 0 unspecified atom stereocenters. The van der Waals surface area contributed by atoms with E-state index in [0.29, 0.717) is 0 Å². The number of rotatable bonds is 6. The van der Waals surface area contributed by atoms with Crippen molar-refractivity contribution in [3.05, 3.63) is 59.7 Å². The van der Waals surface area contributed by atoms with Crippen molar-refractivity contribution in [2.24, 2.45) is 0 Å². The minimum atomic E-state index is -4.84. The Bertz CT molecular complexity index is 787. The van der Waals surface area contributed by atoms with E-state index in [1.807, 2.05) is 6.92 Å². The van der Waals surface area contributed by atoms with E-state index in [4.69, 9.17) is 0 Å². The molecule has 0 aliphatic carbocycles. The summed E-state index contributed by atoms with van der Waals surface area (Å²) in [5, 5.41) is 0. The number of ether oxygens (including phenoxy) is 1. The Hall–Kier alpha value is -2.06. The molecule has 2 aromatic rings. The third-order valence-electron chi connectivity index (χ3n) is 3.29. The number of hydrogen-bond donors (Lipinski definition) is 1. The monoisotopic (exact) mass is 359 g/mol. The molecular formula is C16H16F3NO3S. The lowest BCUT2D eigenvalue weighted by Gasteiger charge is -2.14.